The lowest BCUT2D eigenvalue weighted by Crippen LogP contribution is -2.60. The summed E-state index contributed by atoms with van der Waals surface area (Å²) in [5.41, 5.74) is -0.695. The average molecular weight is 283 g/mol. The fraction of sp³-hybridized carbons (Fsp3) is 0.933. The number of nitrogens with zero attached hydrogens (tertiary/aromatic N) is 2. The SMILES string of the molecule is CCNC1(C(=O)O)CCCC(N2CCN(CC)CC2)C1. The highest BCUT2D eigenvalue weighted by molar-refractivity contribution is 5.79. The molecule has 5 heteroatoms. The molecule has 1 aliphatic heterocycles. The van der Waals surface area contributed by atoms with Crippen molar-refractivity contribution in [2.45, 2.75) is 51.1 Å². The third-order valence-electron chi connectivity index (χ3n) is 5.02. The Morgan fingerprint density at radius 1 is 1.30 bits per heavy atom. The van der Waals surface area contributed by atoms with Crippen LogP contribution in [0.25, 0.3) is 0 Å². The Morgan fingerprint density at radius 3 is 2.55 bits per heavy atom. The van der Waals surface area contributed by atoms with E-state index in [0.717, 1.165) is 65.0 Å². The molecule has 0 amide bonds. The van der Waals surface area contributed by atoms with E-state index in [2.05, 4.69) is 22.0 Å². The second-order valence-corrected chi connectivity index (χ2v) is 6.14. The third-order valence-corrected chi connectivity index (χ3v) is 5.02. The summed E-state index contributed by atoms with van der Waals surface area (Å²) in [6.45, 7) is 10.5. The van der Waals surface area contributed by atoms with Gasteiger partial charge in [0.2, 0.25) is 0 Å². The molecule has 2 N–H and O–H groups in total. The number of carbonyl (C=O) groups is 1. The van der Waals surface area contributed by atoms with Crippen LogP contribution in [0.15, 0.2) is 0 Å². The highest BCUT2D eigenvalue weighted by Gasteiger charge is 2.43. The molecule has 1 saturated heterocycles. The maximum absolute atomic E-state index is 11.7. The van der Waals surface area contributed by atoms with E-state index in [0.29, 0.717) is 6.04 Å². The Balaban J connectivity index is 1.97. The van der Waals surface area contributed by atoms with Crippen LogP contribution in [-0.2, 0) is 4.79 Å². The lowest BCUT2D eigenvalue weighted by atomic mass is 9.78. The van der Waals surface area contributed by atoms with Gasteiger partial charge in [-0.15, -0.1) is 0 Å². The van der Waals surface area contributed by atoms with E-state index >= 15 is 0 Å². The monoisotopic (exact) mass is 283 g/mol. The Kier molecular flexibility index (Phi) is 5.41. The minimum atomic E-state index is -0.695. The van der Waals surface area contributed by atoms with Crippen molar-refractivity contribution in [1.29, 1.82) is 0 Å². The molecule has 2 rings (SSSR count). The Hall–Kier alpha value is -0.650. The first kappa shape index (κ1) is 15.7. The highest BCUT2D eigenvalue weighted by atomic mass is 16.4. The van der Waals surface area contributed by atoms with Crippen LogP contribution in [0.5, 0.6) is 0 Å². The van der Waals surface area contributed by atoms with Gasteiger partial charge in [-0.3, -0.25) is 9.69 Å². The highest BCUT2D eigenvalue weighted by Crippen LogP contribution is 2.32. The fourth-order valence-electron chi connectivity index (χ4n) is 3.77. The van der Waals surface area contributed by atoms with Crippen molar-refractivity contribution in [2.24, 2.45) is 0 Å². The molecule has 5 nitrogen and oxygen atoms in total. The van der Waals surface area contributed by atoms with Crippen molar-refractivity contribution in [3.05, 3.63) is 0 Å². The number of rotatable bonds is 5. The second-order valence-electron chi connectivity index (χ2n) is 6.14. The minimum absolute atomic E-state index is 0.429. The summed E-state index contributed by atoms with van der Waals surface area (Å²) < 4.78 is 0. The second kappa shape index (κ2) is 6.87. The summed E-state index contributed by atoms with van der Waals surface area (Å²) in [5, 5.41) is 12.9. The fourth-order valence-corrected chi connectivity index (χ4v) is 3.77. The topological polar surface area (TPSA) is 55.8 Å². The van der Waals surface area contributed by atoms with Crippen molar-refractivity contribution in [1.82, 2.24) is 15.1 Å². The first-order valence-electron chi connectivity index (χ1n) is 8.06. The zero-order valence-corrected chi connectivity index (χ0v) is 12.9. The van der Waals surface area contributed by atoms with Crippen molar-refractivity contribution >= 4 is 5.97 Å². The van der Waals surface area contributed by atoms with Gasteiger partial charge in [0.25, 0.3) is 0 Å². The summed E-state index contributed by atoms with van der Waals surface area (Å²) in [6.07, 6.45) is 3.68. The van der Waals surface area contributed by atoms with Gasteiger partial charge in [0.15, 0.2) is 0 Å². The predicted molar refractivity (Wildman–Crippen MR) is 80.0 cm³/mol. The molecule has 0 spiro atoms. The van der Waals surface area contributed by atoms with Crippen LogP contribution in [0.2, 0.25) is 0 Å². The van der Waals surface area contributed by atoms with Crippen molar-refractivity contribution in [3.63, 3.8) is 0 Å². The van der Waals surface area contributed by atoms with Crippen LogP contribution >= 0.6 is 0 Å². The number of likely N-dealkylation sites (N-methyl/N-ethyl adjacent to an activating group) is 2. The van der Waals surface area contributed by atoms with E-state index in [9.17, 15) is 9.90 Å². The Labute approximate surface area is 122 Å². The van der Waals surface area contributed by atoms with Gasteiger partial charge in [-0.2, -0.15) is 0 Å². The average Bonchev–Trinajstić information content (AvgIpc) is 2.48. The molecule has 20 heavy (non-hydrogen) atoms. The lowest BCUT2D eigenvalue weighted by Gasteiger charge is -2.45. The molecule has 1 heterocycles. The molecule has 116 valence electrons. The maximum atomic E-state index is 11.7. The molecule has 1 aliphatic carbocycles. The standard InChI is InChI=1S/C15H29N3O2/c1-3-16-15(14(19)20)7-5-6-13(12-15)18-10-8-17(4-2)9-11-18/h13,16H,3-12H2,1-2H3,(H,19,20). The van der Waals surface area contributed by atoms with E-state index in [1.165, 1.54) is 0 Å². The number of aliphatic carboxylic acids is 1. The predicted octanol–water partition coefficient (Wildman–Crippen LogP) is 0.999. The van der Waals surface area contributed by atoms with Gasteiger partial charge in [0, 0.05) is 32.2 Å². The van der Waals surface area contributed by atoms with Crippen molar-refractivity contribution in [3.8, 4) is 0 Å². The number of hydrogen-bond acceptors (Lipinski definition) is 4. The molecule has 2 unspecified atom stereocenters. The number of carboxylic acids is 1. The van der Waals surface area contributed by atoms with E-state index in [1.54, 1.807) is 0 Å². The van der Waals surface area contributed by atoms with Gasteiger partial charge in [-0.1, -0.05) is 13.8 Å². The van der Waals surface area contributed by atoms with E-state index in [-0.39, 0.29) is 0 Å². The van der Waals surface area contributed by atoms with Gasteiger partial charge in [-0.05, 0) is 38.8 Å². The quantitative estimate of drug-likeness (QED) is 0.788. The molecule has 0 radical (unpaired) electrons. The maximum Gasteiger partial charge on any atom is 0.323 e. The van der Waals surface area contributed by atoms with Gasteiger partial charge in [-0.25, -0.2) is 0 Å². The molecule has 0 aromatic carbocycles. The van der Waals surface area contributed by atoms with Crippen LogP contribution < -0.4 is 5.32 Å². The van der Waals surface area contributed by atoms with E-state index < -0.39 is 11.5 Å². The van der Waals surface area contributed by atoms with Gasteiger partial charge in [0.1, 0.15) is 5.54 Å². The summed E-state index contributed by atoms with van der Waals surface area (Å²) in [6, 6.07) is 0.429. The minimum Gasteiger partial charge on any atom is -0.480 e. The Bertz CT molecular complexity index is 325. The number of nitrogens with one attached hydrogen (secondary N) is 1. The van der Waals surface area contributed by atoms with Crippen molar-refractivity contribution < 1.29 is 9.90 Å². The summed E-state index contributed by atoms with van der Waals surface area (Å²) in [5.74, 6) is -0.670. The molecule has 0 aromatic rings. The normalized spacial score (nSPS) is 33.2. The largest absolute Gasteiger partial charge is 0.480 e. The summed E-state index contributed by atoms with van der Waals surface area (Å²) in [7, 11) is 0. The molecule has 0 bridgehead atoms. The first-order chi connectivity index (χ1) is 9.61. The summed E-state index contributed by atoms with van der Waals surface area (Å²) >= 11 is 0. The van der Waals surface area contributed by atoms with Crippen LogP contribution in [0, 0.1) is 0 Å². The molecule has 2 atom stereocenters. The molecular weight excluding hydrogens is 254 g/mol. The smallest absolute Gasteiger partial charge is 0.323 e. The van der Waals surface area contributed by atoms with Gasteiger partial charge in [0.05, 0.1) is 0 Å². The first-order valence-corrected chi connectivity index (χ1v) is 8.06. The zero-order valence-electron chi connectivity index (χ0n) is 12.9. The third kappa shape index (κ3) is 3.32. The van der Waals surface area contributed by atoms with E-state index in [4.69, 9.17) is 0 Å². The van der Waals surface area contributed by atoms with E-state index in [1.807, 2.05) is 6.92 Å². The molecule has 1 saturated carbocycles. The zero-order chi connectivity index (χ0) is 14.6. The molecule has 2 fully saturated rings. The molecular formula is C15H29N3O2. The summed E-state index contributed by atoms with van der Waals surface area (Å²) in [4.78, 5) is 16.7. The lowest BCUT2D eigenvalue weighted by molar-refractivity contribution is -0.147. The van der Waals surface area contributed by atoms with Crippen molar-refractivity contribution in [2.75, 3.05) is 39.3 Å². The number of carboxylic acid groups (broad SMARTS) is 1. The van der Waals surface area contributed by atoms with Crippen LogP contribution in [-0.4, -0.2) is 71.7 Å². The van der Waals surface area contributed by atoms with Crippen LogP contribution in [0.4, 0.5) is 0 Å². The molecule has 2 aliphatic rings. The van der Waals surface area contributed by atoms with Crippen LogP contribution in [0.3, 0.4) is 0 Å². The molecule has 0 aromatic heterocycles. The van der Waals surface area contributed by atoms with Gasteiger partial charge < -0.3 is 15.3 Å². The number of piperazine rings is 1. The van der Waals surface area contributed by atoms with Crippen LogP contribution in [0.1, 0.15) is 39.5 Å². The Morgan fingerprint density at radius 2 is 2.00 bits per heavy atom. The number of hydrogen-bond donors (Lipinski definition) is 2. The van der Waals surface area contributed by atoms with Gasteiger partial charge >= 0.3 is 5.97 Å².